The Bertz CT molecular complexity index is 822. The number of anilines is 1. The number of nitrogens with zero attached hydrogens (tertiary/aromatic N) is 2. The van der Waals surface area contributed by atoms with Crippen LogP contribution >= 0.6 is 0 Å². The molecule has 156 valence electrons. The number of ether oxygens (including phenoxy) is 4. The van der Waals surface area contributed by atoms with Crippen LogP contribution in [0, 0.1) is 0 Å². The van der Waals surface area contributed by atoms with Gasteiger partial charge in [0.05, 0.1) is 34.9 Å². The maximum atomic E-state index is 12.8. The van der Waals surface area contributed by atoms with E-state index in [1.165, 1.54) is 0 Å². The van der Waals surface area contributed by atoms with E-state index in [1.54, 1.807) is 28.4 Å². The van der Waals surface area contributed by atoms with Gasteiger partial charge in [-0.25, -0.2) is 0 Å². The SMILES string of the molecule is COc1cccc(N2CCN(C(=O)Cc3cc(OC)c(OC)c(OC)c3)CC2)c1. The van der Waals surface area contributed by atoms with Gasteiger partial charge in [-0.3, -0.25) is 4.79 Å². The molecule has 1 aliphatic heterocycles. The van der Waals surface area contributed by atoms with Gasteiger partial charge in [0.25, 0.3) is 0 Å². The van der Waals surface area contributed by atoms with E-state index in [0.29, 0.717) is 30.3 Å². The highest BCUT2D eigenvalue weighted by Gasteiger charge is 2.23. The number of hydrogen-bond donors (Lipinski definition) is 0. The lowest BCUT2D eigenvalue weighted by molar-refractivity contribution is -0.130. The van der Waals surface area contributed by atoms with E-state index < -0.39 is 0 Å². The van der Waals surface area contributed by atoms with Crippen molar-refractivity contribution in [3.63, 3.8) is 0 Å². The zero-order chi connectivity index (χ0) is 20.8. The van der Waals surface area contributed by atoms with Gasteiger partial charge < -0.3 is 28.7 Å². The summed E-state index contributed by atoms with van der Waals surface area (Å²) in [4.78, 5) is 17.0. The van der Waals surface area contributed by atoms with Gasteiger partial charge in [0.2, 0.25) is 11.7 Å². The summed E-state index contributed by atoms with van der Waals surface area (Å²) >= 11 is 0. The molecule has 7 nitrogen and oxygen atoms in total. The molecule has 2 aromatic carbocycles. The highest BCUT2D eigenvalue weighted by atomic mass is 16.5. The van der Waals surface area contributed by atoms with E-state index in [2.05, 4.69) is 11.0 Å². The average molecular weight is 400 g/mol. The summed E-state index contributed by atoms with van der Waals surface area (Å²) < 4.78 is 21.4. The normalized spacial score (nSPS) is 13.8. The summed E-state index contributed by atoms with van der Waals surface area (Å²) in [5.41, 5.74) is 1.95. The maximum Gasteiger partial charge on any atom is 0.227 e. The molecule has 1 aliphatic rings. The molecule has 0 N–H and O–H groups in total. The molecule has 29 heavy (non-hydrogen) atoms. The van der Waals surface area contributed by atoms with E-state index in [0.717, 1.165) is 30.1 Å². The number of rotatable bonds is 7. The molecule has 0 saturated carbocycles. The van der Waals surface area contributed by atoms with Crippen molar-refractivity contribution >= 4 is 11.6 Å². The Morgan fingerprint density at radius 3 is 2.07 bits per heavy atom. The fourth-order valence-corrected chi connectivity index (χ4v) is 3.55. The maximum absolute atomic E-state index is 12.8. The van der Waals surface area contributed by atoms with E-state index >= 15 is 0 Å². The second-order valence-electron chi connectivity index (χ2n) is 6.78. The van der Waals surface area contributed by atoms with Gasteiger partial charge in [0.15, 0.2) is 11.5 Å². The fourth-order valence-electron chi connectivity index (χ4n) is 3.55. The van der Waals surface area contributed by atoms with Crippen molar-refractivity contribution < 1.29 is 23.7 Å². The third-order valence-corrected chi connectivity index (χ3v) is 5.13. The molecule has 0 atom stereocenters. The first-order valence-corrected chi connectivity index (χ1v) is 9.55. The van der Waals surface area contributed by atoms with Crippen LogP contribution in [-0.4, -0.2) is 65.4 Å². The molecule has 1 heterocycles. The first-order valence-electron chi connectivity index (χ1n) is 9.55. The Hall–Kier alpha value is -3.09. The smallest absolute Gasteiger partial charge is 0.227 e. The zero-order valence-corrected chi connectivity index (χ0v) is 17.4. The summed E-state index contributed by atoms with van der Waals surface area (Å²) in [5, 5.41) is 0. The second kappa shape index (κ2) is 9.41. The van der Waals surface area contributed by atoms with Crippen molar-refractivity contribution in [3.05, 3.63) is 42.0 Å². The first kappa shape index (κ1) is 20.6. The van der Waals surface area contributed by atoms with Gasteiger partial charge in [-0.2, -0.15) is 0 Å². The van der Waals surface area contributed by atoms with Crippen LogP contribution in [0.2, 0.25) is 0 Å². The van der Waals surface area contributed by atoms with Crippen LogP contribution in [0.3, 0.4) is 0 Å². The van der Waals surface area contributed by atoms with Crippen molar-refractivity contribution in [2.45, 2.75) is 6.42 Å². The van der Waals surface area contributed by atoms with Crippen LogP contribution in [0.1, 0.15) is 5.56 Å². The van der Waals surface area contributed by atoms with Crippen molar-refractivity contribution in [1.29, 1.82) is 0 Å². The highest BCUT2D eigenvalue weighted by Crippen LogP contribution is 2.38. The third kappa shape index (κ3) is 4.67. The summed E-state index contributed by atoms with van der Waals surface area (Å²) in [7, 11) is 6.37. The van der Waals surface area contributed by atoms with Gasteiger partial charge in [-0.15, -0.1) is 0 Å². The van der Waals surface area contributed by atoms with E-state index in [-0.39, 0.29) is 12.3 Å². The summed E-state index contributed by atoms with van der Waals surface area (Å²) in [6, 6.07) is 11.7. The van der Waals surface area contributed by atoms with Crippen molar-refractivity contribution in [2.75, 3.05) is 59.5 Å². The molecule has 2 aromatic rings. The largest absolute Gasteiger partial charge is 0.497 e. The fraction of sp³-hybridized carbons (Fsp3) is 0.409. The summed E-state index contributed by atoms with van der Waals surface area (Å²) in [6.07, 6.45) is 0.288. The van der Waals surface area contributed by atoms with Gasteiger partial charge in [0.1, 0.15) is 5.75 Å². The van der Waals surface area contributed by atoms with Crippen molar-refractivity contribution in [2.24, 2.45) is 0 Å². The minimum atomic E-state index is 0.0876. The second-order valence-corrected chi connectivity index (χ2v) is 6.78. The van der Waals surface area contributed by atoms with Crippen LogP contribution in [0.25, 0.3) is 0 Å². The number of hydrogen-bond acceptors (Lipinski definition) is 6. The van der Waals surface area contributed by atoms with Crippen LogP contribution in [0.5, 0.6) is 23.0 Å². The van der Waals surface area contributed by atoms with Gasteiger partial charge in [0, 0.05) is 37.9 Å². The molecule has 3 rings (SSSR count). The number of amides is 1. The number of methoxy groups -OCH3 is 4. The van der Waals surface area contributed by atoms with Gasteiger partial charge in [-0.05, 0) is 29.8 Å². The predicted octanol–water partition coefficient (Wildman–Crippen LogP) is 2.61. The Morgan fingerprint density at radius 1 is 0.862 bits per heavy atom. The van der Waals surface area contributed by atoms with Crippen LogP contribution in [0.4, 0.5) is 5.69 Å². The van der Waals surface area contributed by atoms with Crippen molar-refractivity contribution in [1.82, 2.24) is 4.90 Å². The molecule has 1 fully saturated rings. The van der Waals surface area contributed by atoms with E-state index in [1.807, 2.05) is 35.2 Å². The number of carbonyl (C=O) groups is 1. The van der Waals surface area contributed by atoms with Crippen molar-refractivity contribution in [3.8, 4) is 23.0 Å². The predicted molar refractivity (Wildman–Crippen MR) is 112 cm³/mol. The molecule has 0 aromatic heterocycles. The summed E-state index contributed by atoms with van der Waals surface area (Å²) in [5.74, 6) is 2.56. The molecule has 0 unspecified atom stereocenters. The molecular weight excluding hydrogens is 372 g/mol. The summed E-state index contributed by atoms with van der Waals surface area (Å²) in [6.45, 7) is 2.93. The zero-order valence-electron chi connectivity index (χ0n) is 17.4. The Kier molecular flexibility index (Phi) is 6.69. The van der Waals surface area contributed by atoms with Gasteiger partial charge in [-0.1, -0.05) is 6.07 Å². The molecule has 0 radical (unpaired) electrons. The van der Waals surface area contributed by atoms with Crippen LogP contribution < -0.4 is 23.8 Å². The minimum Gasteiger partial charge on any atom is -0.497 e. The molecule has 7 heteroatoms. The first-order chi connectivity index (χ1) is 14.1. The highest BCUT2D eigenvalue weighted by molar-refractivity contribution is 5.79. The topological polar surface area (TPSA) is 60.5 Å². The van der Waals surface area contributed by atoms with E-state index in [4.69, 9.17) is 18.9 Å². The number of piperazine rings is 1. The monoisotopic (exact) mass is 400 g/mol. The molecular formula is C22H28N2O5. The van der Waals surface area contributed by atoms with E-state index in [9.17, 15) is 4.79 Å². The Labute approximate surface area is 171 Å². The van der Waals surface area contributed by atoms with Gasteiger partial charge >= 0.3 is 0 Å². The molecule has 0 aliphatic carbocycles. The molecule has 1 amide bonds. The molecule has 1 saturated heterocycles. The lowest BCUT2D eigenvalue weighted by Crippen LogP contribution is -2.49. The Morgan fingerprint density at radius 2 is 1.52 bits per heavy atom. The Balaban J connectivity index is 1.64. The van der Waals surface area contributed by atoms with Crippen LogP contribution in [0.15, 0.2) is 36.4 Å². The average Bonchev–Trinajstić information content (AvgIpc) is 2.78. The molecule has 0 bridgehead atoms. The van der Waals surface area contributed by atoms with Crippen LogP contribution in [-0.2, 0) is 11.2 Å². The lowest BCUT2D eigenvalue weighted by Gasteiger charge is -2.36. The number of carbonyl (C=O) groups excluding carboxylic acids is 1. The lowest BCUT2D eigenvalue weighted by atomic mass is 10.1. The standard InChI is InChI=1S/C22H28N2O5/c1-26-18-7-5-6-17(15-18)23-8-10-24(11-9-23)21(25)14-16-12-19(27-2)22(29-4)20(13-16)28-3/h5-7,12-13,15H,8-11,14H2,1-4H3. The molecule has 0 spiro atoms. The third-order valence-electron chi connectivity index (χ3n) is 5.13. The minimum absolute atomic E-state index is 0.0876. The number of benzene rings is 2. The quantitative estimate of drug-likeness (QED) is 0.712.